The van der Waals surface area contributed by atoms with E-state index in [2.05, 4.69) is 29.2 Å². The minimum Gasteiger partial charge on any atom is -0.302 e. The molecular formula is C16H22ClNS. The highest BCUT2D eigenvalue weighted by atomic mass is 35.5. The minimum atomic E-state index is 0.732. The van der Waals surface area contributed by atoms with Gasteiger partial charge in [-0.2, -0.15) is 0 Å². The number of hydrogen-bond acceptors (Lipinski definition) is 2. The molecule has 2 atom stereocenters. The van der Waals surface area contributed by atoms with Crippen LogP contribution in [0.4, 0.5) is 0 Å². The van der Waals surface area contributed by atoms with Crippen LogP contribution in [0.1, 0.15) is 30.7 Å². The average Bonchev–Trinajstić information content (AvgIpc) is 2.83. The maximum atomic E-state index is 5.90. The van der Waals surface area contributed by atoms with E-state index in [0.717, 1.165) is 17.7 Å². The van der Waals surface area contributed by atoms with Gasteiger partial charge in [0.05, 0.1) is 0 Å². The van der Waals surface area contributed by atoms with Crippen LogP contribution in [0.25, 0.3) is 0 Å². The number of likely N-dealkylation sites (tertiary alicyclic amines) is 1. The van der Waals surface area contributed by atoms with Crippen LogP contribution in [0.5, 0.6) is 0 Å². The van der Waals surface area contributed by atoms with Gasteiger partial charge in [0, 0.05) is 35.5 Å². The Labute approximate surface area is 125 Å². The fraction of sp³-hybridized carbons (Fsp3) is 0.625. The smallest absolute Gasteiger partial charge is 0.0226 e. The molecule has 0 aliphatic carbocycles. The molecule has 0 radical (unpaired) electrons. The van der Waals surface area contributed by atoms with E-state index in [1.165, 1.54) is 49.5 Å². The Morgan fingerprint density at radius 3 is 3.11 bits per heavy atom. The first kappa shape index (κ1) is 13.8. The molecule has 1 fully saturated rings. The summed E-state index contributed by atoms with van der Waals surface area (Å²) in [7, 11) is 0. The summed E-state index contributed by atoms with van der Waals surface area (Å²) in [4.78, 5) is 4.18. The molecule has 19 heavy (non-hydrogen) atoms. The molecular weight excluding hydrogens is 274 g/mol. The number of rotatable bonds is 4. The molecule has 2 aliphatic rings. The van der Waals surface area contributed by atoms with Gasteiger partial charge in [0.25, 0.3) is 0 Å². The Bertz CT molecular complexity index is 421. The lowest BCUT2D eigenvalue weighted by Gasteiger charge is -2.34. The van der Waals surface area contributed by atoms with Gasteiger partial charge >= 0.3 is 0 Å². The molecule has 1 nitrogen and oxygen atoms in total. The van der Waals surface area contributed by atoms with Crippen LogP contribution in [0, 0.1) is 5.92 Å². The molecule has 3 heteroatoms. The van der Waals surface area contributed by atoms with Crippen LogP contribution in [0.15, 0.2) is 29.2 Å². The van der Waals surface area contributed by atoms with Gasteiger partial charge in [-0.05, 0) is 43.4 Å². The van der Waals surface area contributed by atoms with Gasteiger partial charge in [0.2, 0.25) is 0 Å². The normalized spacial score (nSPS) is 27.4. The molecule has 0 aromatic heterocycles. The molecule has 2 unspecified atom stereocenters. The second kappa shape index (κ2) is 6.51. The van der Waals surface area contributed by atoms with Crippen molar-refractivity contribution in [2.75, 3.05) is 31.3 Å². The highest BCUT2D eigenvalue weighted by molar-refractivity contribution is 7.99. The summed E-state index contributed by atoms with van der Waals surface area (Å²) in [5.74, 6) is 3.64. The Kier molecular flexibility index (Phi) is 4.73. The van der Waals surface area contributed by atoms with Crippen molar-refractivity contribution < 1.29 is 0 Å². The average molecular weight is 296 g/mol. The number of thioether (sulfide) groups is 1. The number of piperidine rings is 1. The van der Waals surface area contributed by atoms with Crippen LogP contribution in [-0.2, 0) is 0 Å². The predicted octanol–water partition coefficient (Wildman–Crippen LogP) is 4.22. The van der Waals surface area contributed by atoms with Gasteiger partial charge in [-0.1, -0.05) is 18.2 Å². The number of fused-ring (bicyclic) bond motifs is 1. The fourth-order valence-corrected chi connectivity index (χ4v) is 4.95. The summed E-state index contributed by atoms with van der Waals surface area (Å²) in [6, 6.07) is 8.93. The van der Waals surface area contributed by atoms with E-state index < -0.39 is 0 Å². The summed E-state index contributed by atoms with van der Waals surface area (Å²) < 4.78 is 0. The van der Waals surface area contributed by atoms with Crippen molar-refractivity contribution >= 4 is 23.4 Å². The third-order valence-corrected chi connectivity index (χ3v) is 5.87. The van der Waals surface area contributed by atoms with Crippen LogP contribution >= 0.6 is 23.4 Å². The topological polar surface area (TPSA) is 3.24 Å². The van der Waals surface area contributed by atoms with Gasteiger partial charge < -0.3 is 4.90 Å². The molecule has 0 bridgehead atoms. The van der Waals surface area contributed by atoms with Gasteiger partial charge in [0.15, 0.2) is 0 Å². The van der Waals surface area contributed by atoms with Crippen molar-refractivity contribution in [1.82, 2.24) is 4.90 Å². The monoisotopic (exact) mass is 295 g/mol. The molecule has 1 saturated heterocycles. The number of hydrogen-bond donors (Lipinski definition) is 0. The van der Waals surface area contributed by atoms with Crippen LogP contribution < -0.4 is 0 Å². The lowest BCUT2D eigenvalue weighted by atomic mass is 9.93. The Morgan fingerprint density at radius 1 is 1.32 bits per heavy atom. The van der Waals surface area contributed by atoms with E-state index in [9.17, 15) is 0 Å². The minimum absolute atomic E-state index is 0.732. The zero-order valence-electron chi connectivity index (χ0n) is 11.4. The zero-order valence-corrected chi connectivity index (χ0v) is 12.9. The first-order valence-corrected chi connectivity index (χ1v) is 8.89. The van der Waals surface area contributed by atoms with Gasteiger partial charge in [-0.25, -0.2) is 0 Å². The Hall–Kier alpha value is -0.180. The van der Waals surface area contributed by atoms with Crippen molar-refractivity contribution in [1.29, 1.82) is 0 Å². The number of benzene rings is 1. The molecule has 1 aromatic rings. The lowest BCUT2D eigenvalue weighted by Crippen LogP contribution is -2.38. The molecule has 0 amide bonds. The van der Waals surface area contributed by atoms with Crippen LogP contribution in [0.3, 0.4) is 0 Å². The van der Waals surface area contributed by atoms with Crippen molar-refractivity contribution in [2.24, 2.45) is 5.92 Å². The van der Waals surface area contributed by atoms with Gasteiger partial charge in [-0.3, -0.25) is 0 Å². The first-order valence-electron chi connectivity index (χ1n) is 7.37. The molecule has 3 rings (SSSR count). The zero-order chi connectivity index (χ0) is 13.1. The standard InChI is InChI=1S/C16H22ClNS/c17-8-7-13-4-3-9-18(10-13)11-14-12-19-16-6-2-1-5-15(14)16/h1-2,5-6,13-14H,3-4,7-12H2. The van der Waals surface area contributed by atoms with E-state index in [1.54, 1.807) is 5.56 Å². The number of halogens is 1. The Morgan fingerprint density at radius 2 is 2.21 bits per heavy atom. The third kappa shape index (κ3) is 3.29. The molecule has 1 aromatic carbocycles. The summed E-state index contributed by atoms with van der Waals surface area (Å²) in [5.41, 5.74) is 1.58. The molecule has 0 spiro atoms. The Balaban J connectivity index is 1.60. The van der Waals surface area contributed by atoms with E-state index in [-0.39, 0.29) is 0 Å². The highest BCUT2D eigenvalue weighted by Crippen LogP contribution is 2.40. The predicted molar refractivity (Wildman–Crippen MR) is 84.4 cm³/mol. The second-order valence-corrected chi connectivity index (χ2v) is 7.23. The SMILES string of the molecule is ClCCC1CCCN(CC2CSc3ccccc32)C1. The molecule has 0 saturated carbocycles. The first-order chi connectivity index (χ1) is 9.36. The van der Waals surface area contributed by atoms with Crippen molar-refractivity contribution in [3.8, 4) is 0 Å². The lowest BCUT2D eigenvalue weighted by molar-refractivity contribution is 0.166. The van der Waals surface area contributed by atoms with E-state index in [0.29, 0.717) is 0 Å². The van der Waals surface area contributed by atoms with Gasteiger partial charge in [0.1, 0.15) is 0 Å². The molecule has 0 N–H and O–H groups in total. The highest BCUT2D eigenvalue weighted by Gasteiger charge is 2.27. The van der Waals surface area contributed by atoms with E-state index in [1.807, 2.05) is 11.8 Å². The maximum Gasteiger partial charge on any atom is 0.0226 e. The summed E-state index contributed by atoms with van der Waals surface area (Å²) in [6.07, 6.45) is 3.91. The maximum absolute atomic E-state index is 5.90. The summed E-state index contributed by atoms with van der Waals surface area (Å²) >= 11 is 7.93. The summed E-state index contributed by atoms with van der Waals surface area (Å²) in [6.45, 7) is 3.78. The molecule has 2 heterocycles. The fourth-order valence-electron chi connectivity index (χ4n) is 3.40. The summed E-state index contributed by atoms with van der Waals surface area (Å²) in [5, 5.41) is 0. The van der Waals surface area contributed by atoms with Crippen molar-refractivity contribution in [3.63, 3.8) is 0 Å². The largest absolute Gasteiger partial charge is 0.302 e. The van der Waals surface area contributed by atoms with Gasteiger partial charge in [-0.15, -0.1) is 23.4 Å². The number of nitrogens with zero attached hydrogens (tertiary/aromatic N) is 1. The van der Waals surface area contributed by atoms with E-state index in [4.69, 9.17) is 11.6 Å². The van der Waals surface area contributed by atoms with Crippen molar-refractivity contribution in [2.45, 2.75) is 30.1 Å². The quantitative estimate of drug-likeness (QED) is 0.765. The molecule has 2 aliphatic heterocycles. The van der Waals surface area contributed by atoms with Crippen LogP contribution in [0.2, 0.25) is 0 Å². The second-order valence-electron chi connectivity index (χ2n) is 5.79. The van der Waals surface area contributed by atoms with E-state index >= 15 is 0 Å². The third-order valence-electron chi connectivity index (χ3n) is 4.40. The number of alkyl halides is 1. The van der Waals surface area contributed by atoms with Crippen molar-refractivity contribution in [3.05, 3.63) is 29.8 Å². The van der Waals surface area contributed by atoms with Crippen LogP contribution in [-0.4, -0.2) is 36.2 Å². The molecule has 104 valence electrons.